The topological polar surface area (TPSA) is 45.2 Å². The van der Waals surface area contributed by atoms with Gasteiger partial charge in [-0.05, 0) is 49.4 Å². The van der Waals surface area contributed by atoms with E-state index in [0.717, 1.165) is 24.3 Å². The van der Waals surface area contributed by atoms with Gasteiger partial charge in [-0.25, -0.2) is 0 Å². The van der Waals surface area contributed by atoms with Crippen LogP contribution in [0.15, 0.2) is 42.6 Å². The van der Waals surface area contributed by atoms with Crippen molar-refractivity contribution in [1.82, 2.24) is 10.3 Å². The van der Waals surface area contributed by atoms with Crippen molar-refractivity contribution < 1.29 is 4.79 Å². The predicted octanol–water partition coefficient (Wildman–Crippen LogP) is 3.31. The first-order valence-electron chi connectivity index (χ1n) is 8.28. The summed E-state index contributed by atoms with van der Waals surface area (Å²) in [7, 11) is 0. The van der Waals surface area contributed by atoms with Crippen molar-refractivity contribution in [2.24, 2.45) is 0 Å². The molecular weight excluding hydrogens is 286 g/mol. The molecule has 1 amide bonds. The molecule has 0 radical (unpaired) electrons. The minimum absolute atomic E-state index is 0.118. The van der Waals surface area contributed by atoms with E-state index in [0.29, 0.717) is 12.2 Å². The van der Waals surface area contributed by atoms with Crippen LogP contribution >= 0.6 is 0 Å². The van der Waals surface area contributed by atoms with Crippen molar-refractivity contribution in [3.63, 3.8) is 0 Å². The van der Waals surface area contributed by atoms with E-state index in [9.17, 15) is 4.79 Å². The number of amides is 1. The molecule has 0 bridgehead atoms. The maximum Gasteiger partial charge on any atom is 0.270 e. The van der Waals surface area contributed by atoms with E-state index in [1.165, 1.54) is 24.8 Å². The van der Waals surface area contributed by atoms with Crippen molar-refractivity contribution in [2.75, 3.05) is 18.0 Å². The highest BCUT2D eigenvalue weighted by atomic mass is 16.1. The largest absolute Gasteiger partial charge is 0.371 e. The first kappa shape index (κ1) is 15.5. The summed E-state index contributed by atoms with van der Waals surface area (Å²) < 4.78 is 0. The number of aryl methyl sites for hydroxylation is 1. The van der Waals surface area contributed by atoms with Gasteiger partial charge in [-0.3, -0.25) is 9.78 Å². The van der Waals surface area contributed by atoms with E-state index < -0.39 is 0 Å². The van der Waals surface area contributed by atoms with Crippen LogP contribution in [0.3, 0.4) is 0 Å². The van der Waals surface area contributed by atoms with Crippen LogP contribution in [-0.2, 0) is 6.54 Å². The molecule has 0 aliphatic carbocycles. The van der Waals surface area contributed by atoms with Gasteiger partial charge in [0.2, 0.25) is 0 Å². The molecule has 1 aromatic heterocycles. The second-order valence-corrected chi connectivity index (χ2v) is 6.06. The van der Waals surface area contributed by atoms with Gasteiger partial charge >= 0.3 is 0 Å². The Kier molecular flexibility index (Phi) is 4.91. The van der Waals surface area contributed by atoms with E-state index in [2.05, 4.69) is 28.2 Å². The molecule has 2 heterocycles. The molecule has 1 aliphatic heterocycles. The van der Waals surface area contributed by atoms with E-state index in [4.69, 9.17) is 0 Å². The zero-order valence-corrected chi connectivity index (χ0v) is 13.6. The summed E-state index contributed by atoms with van der Waals surface area (Å²) in [6.07, 6.45) is 5.46. The van der Waals surface area contributed by atoms with Crippen molar-refractivity contribution in [3.05, 3.63) is 59.4 Å². The Morgan fingerprint density at radius 3 is 2.74 bits per heavy atom. The molecule has 1 aliphatic rings. The second-order valence-electron chi connectivity index (χ2n) is 6.06. The maximum atomic E-state index is 12.4. The molecule has 0 atom stereocenters. The van der Waals surface area contributed by atoms with Crippen LogP contribution in [0.4, 0.5) is 5.69 Å². The lowest BCUT2D eigenvalue weighted by Gasteiger charge is -2.28. The molecule has 2 aromatic rings. The number of carbonyl (C=O) groups is 1. The molecule has 0 unspecified atom stereocenters. The van der Waals surface area contributed by atoms with Gasteiger partial charge in [0.1, 0.15) is 5.69 Å². The molecule has 4 heteroatoms. The summed E-state index contributed by atoms with van der Waals surface area (Å²) in [4.78, 5) is 18.9. The molecule has 4 nitrogen and oxygen atoms in total. The van der Waals surface area contributed by atoms with Gasteiger partial charge in [0.05, 0.1) is 0 Å². The Bertz CT molecular complexity index is 678. The highest BCUT2D eigenvalue weighted by Crippen LogP contribution is 2.19. The van der Waals surface area contributed by atoms with Crippen LogP contribution in [0, 0.1) is 6.92 Å². The van der Waals surface area contributed by atoms with Crippen LogP contribution < -0.4 is 10.2 Å². The molecule has 1 aromatic carbocycles. The van der Waals surface area contributed by atoms with Crippen LogP contribution in [0.1, 0.15) is 40.9 Å². The van der Waals surface area contributed by atoms with Crippen LogP contribution in [0.5, 0.6) is 0 Å². The maximum absolute atomic E-state index is 12.4. The fourth-order valence-electron chi connectivity index (χ4n) is 2.97. The molecule has 3 rings (SSSR count). The Balaban J connectivity index is 1.66. The van der Waals surface area contributed by atoms with Crippen LogP contribution in [0.2, 0.25) is 0 Å². The summed E-state index contributed by atoms with van der Waals surface area (Å²) in [5.74, 6) is -0.118. The first-order chi connectivity index (χ1) is 11.2. The molecule has 1 fully saturated rings. The summed E-state index contributed by atoms with van der Waals surface area (Å²) in [6, 6.07) is 12.0. The van der Waals surface area contributed by atoms with Crippen molar-refractivity contribution in [3.8, 4) is 0 Å². The molecule has 0 spiro atoms. The smallest absolute Gasteiger partial charge is 0.270 e. The standard InChI is InChI=1S/C19H23N3O/c1-15-7-3-4-8-16(15)14-21-19(23)18-13-17(9-10-20-18)22-11-5-2-6-12-22/h3-4,7-10,13H,2,5-6,11-12,14H2,1H3,(H,21,23). The highest BCUT2D eigenvalue weighted by molar-refractivity contribution is 5.93. The lowest BCUT2D eigenvalue weighted by atomic mass is 10.1. The summed E-state index contributed by atoms with van der Waals surface area (Å²) in [5, 5.41) is 2.97. The zero-order valence-electron chi connectivity index (χ0n) is 13.6. The van der Waals surface area contributed by atoms with E-state index in [1.54, 1.807) is 6.20 Å². The number of nitrogens with one attached hydrogen (secondary N) is 1. The van der Waals surface area contributed by atoms with Crippen LogP contribution in [0.25, 0.3) is 0 Å². The van der Waals surface area contributed by atoms with Gasteiger partial charge in [0, 0.05) is 31.5 Å². The average molecular weight is 309 g/mol. The second kappa shape index (κ2) is 7.27. The molecule has 1 saturated heterocycles. The Hall–Kier alpha value is -2.36. The van der Waals surface area contributed by atoms with Crippen LogP contribution in [-0.4, -0.2) is 24.0 Å². The molecule has 23 heavy (non-hydrogen) atoms. The van der Waals surface area contributed by atoms with E-state index in [1.807, 2.05) is 30.3 Å². The molecule has 0 saturated carbocycles. The zero-order chi connectivity index (χ0) is 16.1. The number of benzene rings is 1. The quantitative estimate of drug-likeness (QED) is 0.942. The van der Waals surface area contributed by atoms with Gasteiger partial charge in [-0.2, -0.15) is 0 Å². The third kappa shape index (κ3) is 3.89. The third-order valence-corrected chi connectivity index (χ3v) is 4.40. The molecule has 1 N–H and O–H groups in total. The number of nitrogens with zero attached hydrogens (tertiary/aromatic N) is 2. The number of anilines is 1. The minimum Gasteiger partial charge on any atom is -0.371 e. The van der Waals surface area contributed by atoms with E-state index in [-0.39, 0.29) is 5.91 Å². The normalized spacial score (nSPS) is 14.6. The fraction of sp³-hybridized carbons (Fsp3) is 0.368. The number of hydrogen-bond acceptors (Lipinski definition) is 3. The van der Waals surface area contributed by atoms with Crippen molar-refractivity contribution >= 4 is 11.6 Å². The highest BCUT2D eigenvalue weighted by Gasteiger charge is 2.14. The average Bonchev–Trinajstić information content (AvgIpc) is 2.62. The Morgan fingerprint density at radius 2 is 1.96 bits per heavy atom. The Morgan fingerprint density at radius 1 is 1.17 bits per heavy atom. The van der Waals surface area contributed by atoms with Crippen molar-refractivity contribution in [1.29, 1.82) is 0 Å². The predicted molar refractivity (Wildman–Crippen MR) is 92.7 cm³/mol. The van der Waals surface area contributed by atoms with Gasteiger partial charge < -0.3 is 10.2 Å². The first-order valence-corrected chi connectivity index (χ1v) is 8.28. The number of hydrogen-bond donors (Lipinski definition) is 1. The summed E-state index contributed by atoms with van der Waals surface area (Å²) in [6.45, 7) is 4.71. The minimum atomic E-state index is -0.118. The number of piperidine rings is 1. The molecule has 120 valence electrons. The Labute approximate surface area is 137 Å². The number of pyridine rings is 1. The third-order valence-electron chi connectivity index (χ3n) is 4.40. The fourth-order valence-corrected chi connectivity index (χ4v) is 2.97. The number of carbonyl (C=O) groups excluding carboxylic acids is 1. The molecular formula is C19H23N3O. The summed E-state index contributed by atoms with van der Waals surface area (Å²) >= 11 is 0. The lowest BCUT2D eigenvalue weighted by molar-refractivity contribution is 0.0946. The SMILES string of the molecule is Cc1ccccc1CNC(=O)c1cc(N2CCCCC2)ccn1. The number of rotatable bonds is 4. The van der Waals surface area contributed by atoms with Crippen molar-refractivity contribution in [2.45, 2.75) is 32.7 Å². The number of aromatic nitrogens is 1. The monoisotopic (exact) mass is 309 g/mol. The van der Waals surface area contributed by atoms with Gasteiger partial charge in [0.25, 0.3) is 5.91 Å². The van der Waals surface area contributed by atoms with Gasteiger partial charge in [-0.1, -0.05) is 24.3 Å². The summed E-state index contributed by atoms with van der Waals surface area (Å²) in [5.41, 5.74) is 3.90. The van der Waals surface area contributed by atoms with Gasteiger partial charge in [-0.15, -0.1) is 0 Å². The van der Waals surface area contributed by atoms with E-state index >= 15 is 0 Å². The van der Waals surface area contributed by atoms with Gasteiger partial charge in [0.15, 0.2) is 0 Å². The lowest BCUT2D eigenvalue weighted by Crippen LogP contribution is -2.30.